The fourth-order valence-electron chi connectivity index (χ4n) is 3.74. The molecule has 0 bridgehead atoms. The van der Waals surface area contributed by atoms with Gasteiger partial charge in [-0.15, -0.1) is 0 Å². The maximum atomic E-state index is 12.9. The second kappa shape index (κ2) is 9.93. The third-order valence-corrected chi connectivity index (χ3v) is 5.40. The van der Waals surface area contributed by atoms with Gasteiger partial charge >= 0.3 is 0 Å². The van der Waals surface area contributed by atoms with Crippen LogP contribution in [0, 0.1) is 11.3 Å². The zero-order chi connectivity index (χ0) is 24.0. The molecule has 0 atom stereocenters. The van der Waals surface area contributed by atoms with Crippen LogP contribution in [0.1, 0.15) is 11.3 Å². The Morgan fingerprint density at radius 3 is 2.69 bits per heavy atom. The Hall–Kier alpha value is -4.90. The highest BCUT2D eigenvalue weighted by Gasteiger charge is 2.17. The number of carbonyl (C=O) groups is 1. The Balaban J connectivity index is 1.45. The summed E-state index contributed by atoms with van der Waals surface area (Å²) in [5.74, 6) is 0.629. The Morgan fingerprint density at radius 2 is 1.91 bits per heavy atom. The van der Waals surface area contributed by atoms with Crippen LogP contribution >= 0.6 is 0 Å². The molecule has 0 unspecified atom stereocenters. The lowest BCUT2D eigenvalue weighted by Gasteiger charge is -2.18. The zero-order valence-electron chi connectivity index (χ0n) is 18.7. The second-order valence-electron chi connectivity index (χ2n) is 7.84. The van der Waals surface area contributed by atoms with Gasteiger partial charge in [-0.2, -0.15) is 10.4 Å². The summed E-state index contributed by atoms with van der Waals surface area (Å²) in [6.45, 7) is 1.47. The number of ether oxygens (including phenoxy) is 2. The van der Waals surface area contributed by atoms with Crippen molar-refractivity contribution in [2.45, 2.75) is 6.54 Å². The topological polar surface area (TPSA) is 102 Å². The van der Waals surface area contributed by atoms with Crippen molar-refractivity contribution in [1.29, 1.82) is 5.26 Å². The normalized spacial score (nSPS) is 12.6. The molecule has 2 aromatic heterocycles. The number of hydrogen-bond donors (Lipinski definition) is 1. The third-order valence-electron chi connectivity index (χ3n) is 5.40. The highest BCUT2D eigenvalue weighted by atomic mass is 16.6. The van der Waals surface area contributed by atoms with Crippen LogP contribution in [0.25, 0.3) is 17.2 Å². The van der Waals surface area contributed by atoms with Crippen LogP contribution in [0.2, 0.25) is 0 Å². The minimum atomic E-state index is -0.543. The number of aromatic nitrogens is 3. The number of anilines is 1. The Bertz CT molecular complexity index is 1420. The van der Waals surface area contributed by atoms with E-state index in [2.05, 4.69) is 15.4 Å². The van der Waals surface area contributed by atoms with Crippen molar-refractivity contribution in [1.82, 2.24) is 14.8 Å². The number of carbonyl (C=O) groups excluding carboxylic acids is 1. The van der Waals surface area contributed by atoms with Crippen molar-refractivity contribution < 1.29 is 14.3 Å². The first-order valence-corrected chi connectivity index (χ1v) is 11.0. The molecular weight excluding hydrogens is 442 g/mol. The van der Waals surface area contributed by atoms with E-state index in [-0.39, 0.29) is 5.57 Å². The molecule has 0 fully saturated rings. The number of fused-ring (bicyclic) bond motifs is 1. The van der Waals surface area contributed by atoms with Gasteiger partial charge in [0.2, 0.25) is 0 Å². The van der Waals surface area contributed by atoms with E-state index in [9.17, 15) is 10.1 Å². The van der Waals surface area contributed by atoms with Crippen molar-refractivity contribution >= 4 is 17.7 Å². The minimum Gasteiger partial charge on any atom is -0.486 e. The summed E-state index contributed by atoms with van der Waals surface area (Å²) in [4.78, 5) is 17.1. The highest BCUT2D eigenvalue weighted by molar-refractivity contribution is 6.10. The predicted molar refractivity (Wildman–Crippen MR) is 131 cm³/mol. The lowest BCUT2D eigenvalue weighted by molar-refractivity contribution is -0.112. The Kier molecular flexibility index (Phi) is 6.22. The molecule has 35 heavy (non-hydrogen) atoms. The molecule has 1 amide bonds. The van der Waals surface area contributed by atoms with E-state index in [1.165, 1.54) is 6.08 Å². The van der Waals surface area contributed by atoms with Gasteiger partial charge in [0.05, 0.1) is 12.2 Å². The molecule has 0 radical (unpaired) electrons. The molecule has 0 spiro atoms. The number of amides is 1. The second-order valence-corrected chi connectivity index (χ2v) is 7.84. The zero-order valence-corrected chi connectivity index (χ0v) is 18.7. The van der Waals surface area contributed by atoms with Gasteiger partial charge in [-0.3, -0.25) is 14.5 Å². The lowest BCUT2D eigenvalue weighted by Crippen LogP contribution is -2.17. The summed E-state index contributed by atoms with van der Waals surface area (Å²) in [6.07, 6.45) is 6.80. The van der Waals surface area contributed by atoms with Crippen molar-refractivity contribution in [3.8, 4) is 28.7 Å². The molecule has 172 valence electrons. The Morgan fingerprint density at radius 1 is 1.09 bits per heavy atom. The quantitative estimate of drug-likeness (QED) is 0.338. The molecule has 3 heterocycles. The average molecular weight is 463 g/mol. The summed E-state index contributed by atoms with van der Waals surface area (Å²) in [5.41, 5.74) is 3.62. The molecule has 8 heteroatoms. The predicted octanol–water partition coefficient (Wildman–Crippen LogP) is 4.31. The van der Waals surface area contributed by atoms with Crippen LogP contribution in [-0.2, 0) is 11.3 Å². The largest absolute Gasteiger partial charge is 0.486 e. The summed E-state index contributed by atoms with van der Waals surface area (Å²) in [6, 6.07) is 20.8. The maximum absolute atomic E-state index is 12.9. The molecule has 1 N–H and O–H groups in total. The number of benzene rings is 2. The van der Waals surface area contributed by atoms with Crippen LogP contribution in [0.3, 0.4) is 0 Å². The molecule has 0 saturated carbocycles. The number of rotatable bonds is 6. The van der Waals surface area contributed by atoms with E-state index >= 15 is 0 Å². The van der Waals surface area contributed by atoms with Crippen LogP contribution in [0.5, 0.6) is 11.5 Å². The average Bonchev–Trinajstić information content (AvgIpc) is 3.30. The molecule has 1 aliphatic heterocycles. The van der Waals surface area contributed by atoms with Crippen LogP contribution in [0.4, 0.5) is 5.69 Å². The van der Waals surface area contributed by atoms with E-state index in [0.717, 1.165) is 16.7 Å². The molecule has 0 aliphatic carbocycles. The van der Waals surface area contributed by atoms with Crippen LogP contribution < -0.4 is 14.8 Å². The fourth-order valence-corrected chi connectivity index (χ4v) is 3.74. The van der Waals surface area contributed by atoms with Gasteiger partial charge in [-0.1, -0.05) is 36.4 Å². The van der Waals surface area contributed by atoms with Gasteiger partial charge < -0.3 is 14.8 Å². The Labute approximate surface area is 202 Å². The molecule has 8 nitrogen and oxygen atoms in total. The molecule has 4 aromatic rings. The van der Waals surface area contributed by atoms with E-state index in [0.29, 0.717) is 42.6 Å². The van der Waals surface area contributed by atoms with E-state index in [4.69, 9.17) is 9.47 Å². The summed E-state index contributed by atoms with van der Waals surface area (Å²) in [7, 11) is 0. The van der Waals surface area contributed by atoms with Gasteiger partial charge in [0.1, 0.15) is 24.9 Å². The van der Waals surface area contributed by atoms with Gasteiger partial charge in [0.15, 0.2) is 11.5 Å². The molecular formula is C27H21N5O3. The lowest BCUT2D eigenvalue weighted by atomic mass is 10.1. The summed E-state index contributed by atoms with van der Waals surface area (Å²) < 4.78 is 12.9. The van der Waals surface area contributed by atoms with E-state index in [1.807, 2.05) is 54.7 Å². The SMILES string of the molecule is N#CC(=Cc1nn(Cc2ccccc2)cc1-c1cccnc1)C(=O)Nc1ccc2c(c1)OCCO2. The van der Waals surface area contributed by atoms with Crippen LogP contribution in [-0.4, -0.2) is 33.9 Å². The number of nitrogens with one attached hydrogen (secondary N) is 1. The molecule has 1 aliphatic rings. The smallest absolute Gasteiger partial charge is 0.266 e. The monoisotopic (exact) mass is 463 g/mol. The number of nitriles is 1. The highest BCUT2D eigenvalue weighted by Crippen LogP contribution is 2.33. The third kappa shape index (κ3) is 5.04. The fraction of sp³-hybridized carbons (Fsp3) is 0.111. The standard InChI is InChI=1S/C27H21N5O3/c28-15-21(27(33)30-22-8-9-25-26(14-22)35-12-11-34-25)13-24-23(20-7-4-10-29-16-20)18-32(31-24)17-19-5-2-1-3-6-19/h1-10,13-14,16,18H,11-12,17H2,(H,30,33). The molecule has 0 saturated heterocycles. The first-order chi connectivity index (χ1) is 17.2. The van der Waals surface area contributed by atoms with Crippen molar-refractivity contribution in [2.24, 2.45) is 0 Å². The first kappa shape index (κ1) is 21.9. The van der Waals surface area contributed by atoms with Gasteiger partial charge in [0, 0.05) is 41.5 Å². The van der Waals surface area contributed by atoms with Gasteiger partial charge in [-0.25, -0.2) is 0 Å². The summed E-state index contributed by atoms with van der Waals surface area (Å²) in [5, 5.41) is 17.2. The number of nitrogens with zero attached hydrogens (tertiary/aromatic N) is 4. The van der Waals surface area contributed by atoms with E-state index in [1.54, 1.807) is 35.3 Å². The molecule has 5 rings (SSSR count). The van der Waals surface area contributed by atoms with Crippen molar-refractivity contribution in [2.75, 3.05) is 18.5 Å². The van der Waals surface area contributed by atoms with E-state index < -0.39 is 5.91 Å². The number of hydrogen-bond acceptors (Lipinski definition) is 6. The van der Waals surface area contributed by atoms with Crippen LogP contribution in [0.15, 0.2) is 84.8 Å². The first-order valence-electron chi connectivity index (χ1n) is 11.0. The van der Waals surface area contributed by atoms with Crippen molar-refractivity contribution in [3.63, 3.8) is 0 Å². The maximum Gasteiger partial charge on any atom is 0.266 e. The molecule has 2 aromatic carbocycles. The van der Waals surface area contributed by atoms with Gasteiger partial charge in [0.25, 0.3) is 5.91 Å². The number of pyridine rings is 1. The minimum absolute atomic E-state index is 0.0741. The van der Waals surface area contributed by atoms with Gasteiger partial charge in [-0.05, 0) is 29.8 Å². The summed E-state index contributed by atoms with van der Waals surface area (Å²) >= 11 is 0. The van der Waals surface area contributed by atoms with Crippen molar-refractivity contribution in [3.05, 3.63) is 96.1 Å².